The lowest BCUT2D eigenvalue weighted by Gasteiger charge is -2.15. The number of pyridine rings is 1. The minimum Gasteiger partial charge on any atom is -0.274 e. The van der Waals surface area contributed by atoms with Gasteiger partial charge in [-0.15, -0.1) is 11.8 Å². The van der Waals surface area contributed by atoms with Crippen molar-refractivity contribution in [3.8, 4) is 0 Å². The highest BCUT2D eigenvalue weighted by Gasteiger charge is 2.41. The van der Waals surface area contributed by atoms with Gasteiger partial charge in [0.1, 0.15) is 0 Å². The number of rotatable bonds is 3. The molecular formula is C16H13ClN2O2S. The van der Waals surface area contributed by atoms with Crippen molar-refractivity contribution in [1.29, 1.82) is 0 Å². The van der Waals surface area contributed by atoms with E-state index in [0.29, 0.717) is 5.69 Å². The van der Waals surface area contributed by atoms with Crippen LogP contribution in [-0.2, 0) is 9.59 Å². The van der Waals surface area contributed by atoms with Crippen LogP contribution in [0.25, 0.3) is 0 Å². The molecule has 1 aliphatic rings. The van der Waals surface area contributed by atoms with Crippen molar-refractivity contribution >= 4 is 40.9 Å². The molecule has 4 nitrogen and oxygen atoms in total. The standard InChI is InChI=1S/C16H13ClN2O2S/c1-10-4-6-11(7-5-10)22-13-9-14(20)19(16(13)21)12-3-2-8-18-15(12)17/h2-8,13H,9H2,1H3/t13-/m0/s1. The molecule has 22 heavy (non-hydrogen) atoms. The Labute approximate surface area is 137 Å². The van der Waals surface area contributed by atoms with Gasteiger partial charge in [0.2, 0.25) is 11.8 Å². The predicted octanol–water partition coefficient (Wildman–Crippen LogP) is 3.47. The van der Waals surface area contributed by atoms with Gasteiger partial charge in [-0.1, -0.05) is 29.3 Å². The topological polar surface area (TPSA) is 50.3 Å². The van der Waals surface area contributed by atoms with Gasteiger partial charge in [0.15, 0.2) is 5.15 Å². The minimum absolute atomic E-state index is 0.158. The molecule has 0 spiro atoms. The summed E-state index contributed by atoms with van der Waals surface area (Å²) in [4.78, 5) is 30.8. The highest BCUT2D eigenvalue weighted by molar-refractivity contribution is 8.00. The van der Waals surface area contributed by atoms with Crippen molar-refractivity contribution in [3.05, 3.63) is 53.3 Å². The van der Waals surface area contributed by atoms with Crippen molar-refractivity contribution in [2.75, 3.05) is 4.90 Å². The number of imide groups is 1. The molecule has 3 rings (SSSR count). The van der Waals surface area contributed by atoms with Crippen LogP contribution in [0.15, 0.2) is 47.5 Å². The number of amides is 2. The van der Waals surface area contributed by atoms with Crippen LogP contribution in [0, 0.1) is 6.92 Å². The highest BCUT2D eigenvalue weighted by Crippen LogP contribution is 2.35. The maximum absolute atomic E-state index is 12.5. The van der Waals surface area contributed by atoms with Crippen LogP contribution in [0.2, 0.25) is 5.15 Å². The summed E-state index contributed by atoms with van der Waals surface area (Å²) in [6.45, 7) is 2.00. The van der Waals surface area contributed by atoms with Crippen molar-refractivity contribution in [1.82, 2.24) is 4.98 Å². The fraction of sp³-hybridized carbons (Fsp3) is 0.188. The number of halogens is 1. The van der Waals surface area contributed by atoms with Gasteiger partial charge < -0.3 is 0 Å². The van der Waals surface area contributed by atoms with E-state index in [4.69, 9.17) is 11.6 Å². The van der Waals surface area contributed by atoms with E-state index in [1.165, 1.54) is 18.0 Å². The molecule has 112 valence electrons. The molecule has 0 N–H and O–H groups in total. The number of thioether (sulfide) groups is 1. The van der Waals surface area contributed by atoms with Crippen LogP contribution < -0.4 is 4.90 Å². The van der Waals surface area contributed by atoms with E-state index in [0.717, 1.165) is 15.4 Å². The summed E-state index contributed by atoms with van der Waals surface area (Å²) in [7, 11) is 0. The van der Waals surface area contributed by atoms with E-state index in [2.05, 4.69) is 4.98 Å². The minimum atomic E-state index is -0.425. The van der Waals surface area contributed by atoms with E-state index in [1.54, 1.807) is 12.1 Å². The molecule has 1 saturated heterocycles. The number of aromatic nitrogens is 1. The summed E-state index contributed by atoms with van der Waals surface area (Å²) >= 11 is 7.40. The number of benzene rings is 1. The summed E-state index contributed by atoms with van der Waals surface area (Å²) in [5.41, 5.74) is 1.51. The zero-order valence-electron chi connectivity index (χ0n) is 11.8. The molecule has 1 atom stereocenters. The second-order valence-corrected chi connectivity index (χ2v) is 6.64. The van der Waals surface area contributed by atoms with Crippen LogP contribution in [0.4, 0.5) is 5.69 Å². The van der Waals surface area contributed by atoms with Crippen molar-refractivity contribution in [3.63, 3.8) is 0 Å². The molecule has 0 aliphatic carbocycles. The van der Waals surface area contributed by atoms with Gasteiger partial charge in [-0.3, -0.25) is 9.59 Å². The summed E-state index contributed by atoms with van der Waals surface area (Å²) in [6, 6.07) is 11.2. The first-order valence-electron chi connectivity index (χ1n) is 6.77. The third kappa shape index (κ3) is 2.87. The summed E-state index contributed by atoms with van der Waals surface area (Å²) < 4.78 is 0. The number of carbonyl (C=O) groups is 2. The highest BCUT2D eigenvalue weighted by atomic mass is 35.5. The molecular weight excluding hydrogens is 320 g/mol. The molecule has 1 aromatic carbocycles. The quantitative estimate of drug-likeness (QED) is 0.638. The first kappa shape index (κ1) is 15.1. The second kappa shape index (κ2) is 6.10. The Kier molecular flexibility index (Phi) is 4.18. The van der Waals surface area contributed by atoms with Crippen LogP contribution in [0.1, 0.15) is 12.0 Å². The summed E-state index contributed by atoms with van der Waals surface area (Å²) in [5, 5.41) is -0.267. The molecule has 1 aromatic heterocycles. The zero-order valence-corrected chi connectivity index (χ0v) is 13.4. The number of hydrogen-bond acceptors (Lipinski definition) is 4. The van der Waals surface area contributed by atoms with Gasteiger partial charge in [-0.25, -0.2) is 9.88 Å². The molecule has 1 aliphatic heterocycles. The monoisotopic (exact) mass is 332 g/mol. The molecule has 0 saturated carbocycles. The van der Waals surface area contributed by atoms with Crippen LogP contribution in [-0.4, -0.2) is 22.0 Å². The molecule has 0 bridgehead atoms. The largest absolute Gasteiger partial charge is 0.274 e. The number of anilines is 1. The SMILES string of the molecule is Cc1ccc(S[C@H]2CC(=O)N(c3cccnc3Cl)C2=O)cc1. The Morgan fingerprint density at radius 3 is 2.64 bits per heavy atom. The fourth-order valence-electron chi connectivity index (χ4n) is 2.27. The number of aryl methyl sites for hydroxylation is 1. The molecule has 1 fully saturated rings. The van der Waals surface area contributed by atoms with E-state index in [1.807, 2.05) is 31.2 Å². The van der Waals surface area contributed by atoms with Gasteiger partial charge in [-0.2, -0.15) is 0 Å². The Balaban J connectivity index is 1.82. The van der Waals surface area contributed by atoms with E-state index < -0.39 is 5.25 Å². The zero-order chi connectivity index (χ0) is 15.7. The molecule has 0 radical (unpaired) electrons. The lowest BCUT2D eigenvalue weighted by molar-refractivity contribution is -0.121. The Morgan fingerprint density at radius 1 is 1.23 bits per heavy atom. The summed E-state index contributed by atoms with van der Waals surface area (Å²) in [5.74, 6) is -0.491. The van der Waals surface area contributed by atoms with E-state index >= 15 is 0 Å². The van der Waals surface area contributed by atoms with Gasteiger partial charge in [0, 0.05) is 17.5 Å². The van der Waals surface area contributed by atoms with Crippen molar-refractivity contribution in [2.45, 2.75) is 23.5 Å². The smallest absolute Gasteiger partial charge is 0.247 e. The van der Waals surface area contributed by atoms with E-state index in [9.17, 15) is 9.59 Å². The third-order valence-corrected chi connectivity index (χ3v) is 4.87. The number of nitrogens with zero attached hydrogens (tertiary/aromatic N) is 2. The lowest BCUT2D eigenvalue weighted by Crippen LogP contribution is -2.31. The average Bonchev–Trinajstić information content (AvgIpc) is 2.77. The lowest BCUT2D eigenvalue weighted by atomic mass is 10.2. The maximum atomic E-state index is 12.5. The Morgan fingerprint density at radius 2 is 1.95 bits per heavy atom. The number of hydrogen-bond donors (Lipinski definition) is 0. The van der Waals surface area contributed by atoms with E-state index in [-0.39, 0.29) is 23.4 Å². The van der Waals surface area contributed by atoms with Crippen LogP contribution >= 0.6 is 23.4 Å². The molecule has 0 unspecified atom stereocenters. The third-order valence-electron chi connectivity index (χ3n) is 3.38. The Bertz CT molecular complexity index is 733. The van der Waals surface area contributed by atoms with Crippen molar-refractivity contribution in [2.24, 2.45) is 0 Å². The first-order chi connectivity index (χ1) is 10.6. The van der Waals surface area contributed by atoms with Gasteiger partial charge in [-0.05, 0) is 31.2 Å². The second-order valence-electron chi connectivity index (χ2n) is 5.00. The van der Waals surface area contributed by atoms with Gasteiger partial charge >= 0.3 is 0 Å². The van der Waals surface area contributed by atoms with Crippen LogP contribution in [0.3, 0.4) is 0 Å². The van der Waals surface area contributed by atoms with Crippen molar-refractivity contribution < 1.29 is 9.59 Å². The van der Waals surface area contributed by atoms with Gasteiger partial charge in [0.05, 0.1) is 10.9 Å². The first-order valence-corrected chi connectivity index (χ1v) is 8.02. The molecule has 2 heterocycles. The fourth-order valence-corrected chi connectivity index (χ4v) is 3.53. The average molecular weight is 333 g/mol. The molecule has 2 aromatic rings. The summed E-state index contributed by atoms with van der Waals surface area (Å²) in [6.07, 6.45) is 1.69. The predicted molar refractivity (Wildman–Crippen MR) is 87.2 cm³/mol. The molecule has 2 amide bonds. The normalized spacial score (nSPS) is 18.1. The van der Waals surface area contributed by atoms with Gasteiger partial charge in [0.25, 0.3) is 0 Å². The molecule has 6 heteroatoms. The maximum Gasteiger partial charge on any atom is 0.247 e. The number of carbonyl (C=O) groups excluding carboxylic acids is 2. The Hall–Kier alpha value is -1.85. The van der Waals surface area contributed by atoms with Crippen LogP contribution in [0.5, 0.6) is 0 Å².